The summed E-state index contributed by atoms with van der Waals surface area (Å²) in [5.41, 5.74) is 1.81. The first kappa shape index (κ1) is 13.1. The fraction of sp³-hybridized carbons (Fsp3) is 0.333. The SMILES string of the molecule is CC(C)(NC(=O)C1Cc2ccccc2N1)c1nccs1. The second kappa shape index (κ2) is 4.90. The second-order valence-corrected chi connectivity index (χ2v) is 6.40. The Labute approximate surface area is 122 Å². The maximum absolute atomic E-state index is 12.4. The zero-order valence-electron chi connectivity index (χ0n) is 11.5. The Morgan fingerprint density at radius 2 is 2.25 bits per heavy atom. The maximum atomic E-state index is 12.4. The average molecular weight is 287 g/mol. The summed E-state index contributed by atoms with van der Waals surface area (Å²) in [6, 6.07) is 7.84. The molecule has 2 aromatic rings. The molecule has 5 heteroatoms. The molecule has 20 heavy (non-hydrogen) atoms. The van der Waals surface area contributed by atoms with Crippen LogP contribution < -0.4 is 10.6 Å². The molecular weight excluding hydrogens is 270 g/mol. The lowest BCUT2D eigenvalue weighted by molar-refractivity contribution is -0.123. The minimum absolute atomic E-state index is 0.0152. The van der Waals surface area contributed by atoms with E-state index in [1.807, 2.05) is 37.4 Å². The Morgan fingerprint density at radius 3 is 2.95 bits per heavy atom. The number of carbonyl (C=O) groups excluding carboxylic acids is 1. The van der Waals surface area contributed by atoms with Gasteiger partial charge in [0, 0.05) is 23.7 Å². The molecule has 2 N–H and O–H groups in total. The number of nitrogens with zero attached hydrogens (tertiary/aromatic N) is 1. The number of para-hydroxylation sites is 1. The van der Waals surface area contributed by atoms with Crippen LogP contribution in [0.3, 0.4) is 0 Å². The average Bonchev–Trinajstić information content (AvgIpc) is 3.07. The van der Waals surface area contributed by atoms with E-state index < -0.39 is 5.54 Å². The molecule has 1 aliphatic heterocycles. The topological polar surface area (TPSA) is 54.0 Å². The Hall–Kier alpha value is -1.88. The summed E-state index contributed by atoms with van der Waals surface area (Å²) in [5, 5.41) is 9.20. The van der Waals surface area contributed by atoms with Crippen molar-refractivity contribution in [3.05, 3.63) is 46.4 Å². The first-order valence-corrected chi connectivity index (χ1v) is 7.51. The molecule has 0 bridgehead atoms. The van der Waals surface area contributed by atoms with Crippen LogP contribution in [0.25, 0.3) is 0 Å². The van der Waals surface area contributed by atoms with Crippen molar-refractivity contribution >= 4 is 22.9 Å². The number of hydrogen-bond donors (Lipinski definition) is 2. The van der Waals surface area contributed by atoms with Crippen molar-refractivity contribution in [3.8, 4) is 0 Å². The van der Waals surface area contributed by atoms with Gasteiger partial charge in [-0.2, -0.15) is 0 Å². The number of fused-ring (bicyclic) bond motifs is 1. The van der Waals surface area contributed by atoms with E-state index in [4.69, 9.17) is 0 Å². The van der Waals surface area contributed by atoms with E-state index in [1.54, 1.807) is 17.5 Å². The van der Waals surface area contributed by atoms with Gasteiger partial charge in [-0.15, -0.1) is 11.3 Å². The van der Waals surface area contributed by atoms with Gasteiger partial charge in [-0.3, -0.25) is 4.79 Å². The number of benzene rings is 1. The third-order valence-electron chi connectivity index (χ3n) is 3.49. The zero-order valence-corrected chi connectivity index (χ0v) is 12.3. The largest absolute Gasteiger partial charge is 0.373 e. The number of carbonyl (C=O) groups is 1. The molecule has 0 saturated heterocycles. The van der Waals surface area contributed by atoms with Gasteiger partial charge in [0.25, 0.3) is 0 Å². The van der Waals surface area contributed by atoms with Crippen LogP contribution in [-0.2, 0) is 16.8 Å². The Morgan fingerprint density at radius 1 is 1.45 bits per heavy atom. The van der Waals surface area contributed by atoms with Crippen LogP contribution in [0.1, 0.15) is 24.4 Å². The standard InChI is InChI=1S/C15H17N3OS/c1-15(2,14-16-7-8-20-14)18-13(19)12-9-10-5-3-4-6-11(10)17-12/h3-8,12,17H,9H2,1-2H3,(H,18,19). The quantitative estimate of drug-likeness (QED) is 0.912. The van der Waals surface area contributed by atoms with E-state index in [-0.39, 0.29) is 11.9 Å². The van der Waals surface area contributed by atoms with Crippen LogP contribution in [-0.4, -0.2) is 16.9 Å². The van der Waals surface area contributed by atoms with E-state index >= 15 is 0 Å². The van der Waals surface area contributed by atoms with E-state index in [0.717, 1.165) is 17.1 Å². The summed E-state index contributed by atoms with van der Waals surface area (Å²) in [5.74, 6) is 0.0152. The van der Waals surface area contributed by atoms with Crippen molar-refractivity contribution in [1.82, 2.24) is 10.3 Å². The summed E-state index contributed by atoms with van der Waals surface area (Å²) in [6.45, 7) is 3.96. The molecule has 0 radical (unpaired) electrons. The maximum Gasteiger partial charge on any atom is 0.243 e. The zero-order chi connectivity index (χ0) is 14.2. The van der Waals surface area contributed by atoms with E-state index in [9.17, 15) is 4.79 Å². The molecule has 4 nitrogen and oxygen atoms in total. The van der Waals surface area contributed by atoms with Crippen LogP contribution in [0.5, 0.6) is 0 Å². The van der Waals surface area contributed by atoms with Crippen LogP contribution in [0.2, 0.25) is 0 Å². The van der Waals surface area contributed by atoms with E-state index in [2.05, 4.69) is 21.7 Å². The van der Waals surface area contributed by atoms with Crippen LogP contribution in [0.4, 0.5) is 5.69 Å². The van der Waals surface area contributed by atoms with Crippen LogP contribution in [0.15, 0.2) is 35.8 Å². The first-order valence-electron chi connectivity index (χ1n) is 6.63. The third kappa shape index (κ3) is 2.41. The van der Waals surface area contributed by atoms with Crippen molar-refractivity contribution in [2.75, 3.05) is 5.32 Å². The highest BCUT2D eigenvalue weighted by molar-refractivity contribution is 7.09. The molecule has 1 amide bonds. The lowest BCUT2D eigenvalue weighted by Gasteiger charge is -2.25. The summed E-state index contributed by atoms with van der Waals surface area (Å²) in [4.78, 5) is 16.7. The van der Waals surface area contributed by atoms with Gasteiger partial charge < -0.3 is 10.6 Å². The highest BCUT2D eigenvalue weighted by Gasteiger charge is 2.32. The summed E-state index contributed by atoms with van der Waals surface area (Å²) in [7, 11) is 0. The smallest absolute Gasteiger partial charge is 0.243 e. The minimum atomic E-state index is -0.443. The number of nitrogens with one attached hydrogen (secondary N) is 2. The van der Waals surface area contributed by atoms with Gasteiger partial charge in [0.1, 0.15) is 11.0 Å². The van der Waals surface area contributed by atoms with Crippen molar-refractivity contribution in [2.24, 2.45) is 0 Å². The molecular formula is C15H17N3OS. The van der Waals surface area contributed by atoms with Crippen molar-refractivity contribution < 1.29 is 4.79 Å². The fourth-order valence-electron chi connectivity index (χ4n) is 2.44. The molecule has 2 heterocycles. The predicted octanol–water partition coefficient (Wildman–Crippen LogP) is 2.53. The fourth-order valence-corrected chi connectivity index (χ4v) is 3.15. The van der Waals surface area contributed by atoms with Crippen LogP contribution in [0, 0.1) is 0 Å². The Bertz CT molecular complexity index is 597. The molecule has 1 aliphatic rings. The number of hydrogen-bond acceptors (Lipinski definition) is 4. The van der Waals surface area contributed by atoms with Gasteiger partial charge in [0.2, 0.25) is 5.91 Å². The van der Waals surface area contributed by atoms with Gasteiger partial charge >= 0.3 is 0 Å². The number of amides is 1. The highest BCUT2D eigenvalue weighted by Crippen LogP contribution is 2.27. The second-order valence-electron chi connectivity index (χ2n) is 5.51. The van der Waals surface area contributed by atoms with Gasteiger partial charge in [0.05, 0.1) is 5.54 Å². The number of thiazole rings is 1. The summed E-state index contributed by atoms with van der Waals surface area (Å²) < 4.78 is 0. The number of rotatable bonds is 3. The molecule has 0 saturated carbocycles. The Kier molecular flexibility index (Phi) is 3.22. The molecule has 1 aromatic heterocycles. The molecule has 1 unspecified atom stereocenters. The third-order valence-corrected chi connectivity index (χ3v) is 4.59. The van der Waals surface area contributed by atoms with Gasteiger partial charge in [0.15, 0.2) is 0 Å². The molecule has 1 aromatic carbocycles. The van der Waals surface area contributed by atoms with Crippen molar-refractivity contribution in [3.63, 3.8) is 0 Å². The highest BCUT2D eigenvalue weighted by atomic mass is 32.1. The van der Waals surface area contributed by atoms with Crippen molar-refractivity contribution in [1.29, 1.82) is 0 Å². The normalized spacial score (nSPS) is 17.4. The molecule has 0 aliphatic carbocycles. The van der Waals surface area contributed by atoms with E-state index in [0.29, 0.717) is 0 Å². The minimum Gasteiger partial charge on any atom is -0.373 e. The lowest BCUT2D eigenvalue weighted by atomic mass is 10.0. The monoisotopic (exact) mass is 287 g/mol. The molecule has 1 atom stereocenters. The summed E-state index contributed by atoms with van der Waals surface area (Å²) >= 11 is 1.56. The molecule has 0 fully saturated rings. The predicted molar refractivity (Wildman–Crippen MR) is 80.8 cm³/mol. The van der Waals surface area contributed by atoms with Gasteiger partial charge in [-0.05, 0) is 25.5 Å². The first-order chi connectivity index (χ1) is 9.56. The molecule has 104 valence electrons. The lowest BCUT2D eigenvalue weighted by Crippen LogP contribution is -2.47. The van der Waals surface area contributed by atoms with Crippen molar-refractivity contribution in [2.45, 2.75) is 31.8 Å². The van der Waals surface area contributed by atoms with Crippen LogP contribution >= 0.6 is 11.3 Å². The summed E-state index contributed by atoms with van der Waals surface area (Å²) in [6.07, 6.45) is 2.49. The van der Waals surface area contributed by atoms with Gasteiger partial charge in [-0.1, -0.05) is 18.2 Å². The molecule has 0 spiro atoms. The van der Waals surface area contributed by atoms with Gasteiger partial charge in [-0.25, -0.2) is 4.98 Å². The number of anilines is 1. The molecule has 3 rings (SSSR count). The number of aromatic nitrogens is 1. The Balaban J connectivity index is 1.70. The van der Waals surface area contributed by atoms with E-state index in [1.165, 1.54) is 5.56 Å².